The molecule has 4 nitrogen and oxygen atoms in total. The number of likely N-dealkylation sites (tertiary alicyclic amines) is 1. The van der Waals surface area contributed by atoms with Crippen LogP contribution in [0.2, 0.25) is 0 Å². The molecule has 2 saturated carbocycles. The van der Waals surface area contributed by atoms with Crippen molar-refractivity contribution in [2.45, 2.75) is 71.9 Å². The number of carboxylic acids is 1. The molecule has 2 aliphatic carbocycles. The second-order valence-corrected chi connectivity index (χ2v) is 12.0. The Kier molecular flexibility index (Phi) is 6.15. The molecule has 2 aromatic carbocycles. The molecule has 2 unspecified atom stereocenters. The Morgan fingerprint density at radius 1 is 1.03 bits per heavy atom. The smallest absolute Gasteiger partial charge is 0.306 e. The third kappa shape index (κ3) is 4.91. The largest absolute Gasteiger partial charge is 0.490 e. The normalized spacial score (nSPS) is 30.5. The second-order valence-electron chi connectivity index (χ2n) is 12.0. The van der Waals surface area contributed by atoms with E-state index in [1.54, 1.807) is 0 Å². The minimum absolute atomic E-state index is 0.121. The summed E-state index contributed by atoms with van der Waals surface area (Å²) in [6.07, 6.45) is 6.85. The van der Waals surface area contributed by atoms with Gasteiger partial charge in [0.15, 0.2) is 0 Å². The summed E-state index contributed by atoms with van der Waals surface area (Å²) in [4.78, 5) is 13.8. The van der Waals surface area contributed by atoms with Gasteiger partial charge in [-0.15, -0.1) is 0 Å². The second kappa shape index (κ2) is 8.94. The van der Waals surface area contributed by atoms with Gasteiger partial charge in [0.2, 0.25) is 0 Å². The maximum atomic E-state index is 11.3. The fraction of sp³-hybridized carbons (Fsp3) is 0.621. The molecule has 0 radical (unpaired) electrons. The average molecular weight is 450 g/mol. The molecule has 33 heavy (non-hydrogen) atoms. The van der Waals surface area contributed by atoms with Gasteiger partial charge in [-0.2, -0.15) is 0 Å². The summed E-state index contributed by atoms with van der Waals surface area (Å²) in [6, 6.07) is 13.2. The van der Waals surface area contributed by atoms with Crippen molar-refractivity contribution in [2.75, 3.05) is 13.1 Å². The van der Waals surface area contributed by atoms with E-state index in [2.05, 4.69) is 62.1 Å². The first-order valence-corrected chi connectivity index (χ1v) is 12.9. The van der Waals surface area contributed by atoms with E-state index in [0.29, 0.717) is 23.4 Å². The molecule has 3 fully saturated rings. The number of ether oxygens (including phenoxy) is 1. The predicted molar refractivity (Wildman–Crippen MR) is 132 cm³/mol. The minimum Gasteiger partial charge on any atom is -0.490 e. The van der Waals surface area contributed by atoms with Gasteiger partial charge in [-0.05, 0) is 84.8 Å². The number of carbonyl (C=O) groups is 1. The molecule has 5 rings (SSSR count). The Hall–Kier alpha value is -2.07. The molecule has 4 heteroatoms. The van der Waals surface area contributed by atoms with E-state index in [0.717, 1.165) is 57.0 Å². The van der Waals surface area contributed by atoms with E-state index < -0.39 is 5.97 Å². The van der Waals surface area contributed by atoms with Crippen molar-refractivity contribution >= 4 is 16.7 Å². The summed E-state index contributed by atoms with van der Waals surface area (Å²) >= 11 is 0. The molecule has 0 bridgehead atoms. The Bertz CT molecular complexity index is 988. The molecular formula is C29H39NO3. The van der Waals surface area contributed by atoms with E-state index >= 15 is 0 Å². The van der Waals surface area contributed by atoms with Crippen LogP contribution in [-0.2, 0) is 11.3 Å². The number of hydrogen-bond acceptors (Lipinski definition) is 3. The number of carboxylic acid groups (broad SMARTS) is 1. The highest BCUT2D eigenvalue weighted by molar-refractivity contribution is 5.88. The Morgan fingerprint density at radius 2 is 1.73 bits per heavy atom. The molecule has 0 spiro atoms. The fourth-order valence-corrected chi connectivity index (χ4v) is 6.72. The number of nitrogens with zero attached hydrogens (tertiary/aromatic N) is 1. The van der Waals surface area contributed by atoms with Crippen LogP contribution in [0, 0.1) is 29.1 Å². The molecule has 178 valence electrons. The van der Waals surface area contributed by atoms with Crippen molar-refractivity contribution in [1.29, 1.82) is 0 Å². The molecule has 2 aromatic rings. The van der Waals surface area contributed by atoms with Crippen LogP contribution in [0.1, 0.15) is 64.9 Å². The zero-order chi connectivity index (χ0) is 23.2. The van der Waals surface area contributed by atoms with Crippen molar-refractivity contribution < 1.29 is 14.6 Å². The monoisotopic (exact) mass is 449 g/mol. The summed E-state index contributed by atoms with van der Waals surface area (Å²) < 4.78 is 6.52. The molecule has 0 aromatic heterocycles. The van der Waals surface area contributed by atoms with E-state index in [-0.39, 0.29) is 5.92 Å². The number of rotatable bonds is 5. The van der Waals surface area contributed by atoms with Gasteiger partial charge in [-0.1, -0.05) is 45.0 Å². The molecule has 0 amide bonds. The third-order valence-electron chi connectivity index (χ3n) is 8.68. The lowest BCUT2D eigenvalue weighted by Crippen LogP contribution is -2.30. The van der Waals surface area contributed by atoms with Crippen LogP contribution in [0.5, 0.6) is 5.75 Å². The van der Waals surface area contributed by atoms with E-state index in [4.69, 9.17) is 4.74 Å². The Morgan fingerprint density at radius 3 is 2.36 bits per heavy atom. The van der Waals surface area contributed by atoms with Crippen molar-refractivity contribution in [3.05, 3.63) is 42.0 Å². The summed E-state index contributed by atoms with van der Waals surface area (Å²) in [5.41, 5.74) is 1.73. The Balaban J connectivity index is 1.21. The molecule has 1 heterocycles. The molecular weight excluding hydrogens is 410 g/mol. The van der Waals surface area contributed by atoms with E-state index in [1.807, 2.05) is 0 Å². The number of benzene rings is 2. The molecule has 3 aliphatic rings. The average Bonchev–Trinajstić information content (AvgIpc) is 3.32. The van der Waals surface area contributed by atoms with Gasteiger partial charge >= 0.3 is 5.97 Å². The van der Waals surface area contributed by atoms with Crippen molar-refractivity contribution in [3.63, 3.8) is 0 Å². The Labute approximate surface area is 198 Å². The van der Waals surface area contributed by atoms with Crippen LogP contribution in [0.4, 0.5) is 0 Å². The minimum atomic E-state index is -0.606. The van der Waals surface area contributed by atoms with Crippen molar-refractivity contribution in [3.8, 4) is 5.75 Å². The maximum Gasteiger partial charge on any atom is 0.306 e. The van der Waals surface area contributed by atoms with Crippen LogP contribution < -0.4 is 4.74 Å². The molecule has 2 atom stereocenters. The first-order valence-electron chi connectivity index (χ1n) is 12.9. The lowest BCUT2D eigenvalue weighted by molar-refractivity contribution is -0.141. The number of fused-ring (bicyclic) bond motifs is 2. The van der Waals surface area contributed by atoms with E-state index in [1.165, 1.54) is 29.2 Å². The third-order valence-corrected chi connectivity index (χ3v) is 8.68. The van der Waals surface area contributed by atoms with Gasteiger partial charge < -0.3 is 9.84 Å². The summed E-state index contributed by atoms with van der Waals surface area (Å²) in [5, 5.41) is 11.8. The first-order chi connectivity index (χ1) is 15.8. The predicted octanol–water partition coefficient (Wildman–Crippen LogP) is 6.37. The molecule has 1 N–H and O–H groups in total. The molecule has 1 aliphatic heterocycles. The zero-order valence-electron chi connectivity index (χ0n) is 20.4. The number of hydrogen-bond donors (Lipinski definition) is 1. The van der Waals surface area contributed by atoms with Gasteiger partial charge in [0, 0.05) is 25.0 Å². The van der Waals surface area contributed by atoms with Crippen LogP contribution >= 0.6 is 0 Å². The summed E-state index contributed by atoms with van der Waals surface area (Å²) in [5.74, 6) is 2.21. The van der Waals surface area contributed by atoms with Gasteiger partial charge in [0.25, 0.3) is 0 Å². The van der Waals surface area contributed by atoms with Crippen molar-refractivity contribution in [1.82, 2.24) is 4.90 Å². The van der Waals surface area contributed by atoms with Crippen LogP contribution in [0.3, 0.4) is 0 Å². The van der Waals surface area contributed by atoms with Crippen molar-refractivity contribution in [2.24, 2.45) is 29.1 Å². The fourth-order valence-electron chi connectivity index (χ4n) is 6.72. The van der Waals surface area contributed by atoms with Gasteiger partial charge in [0.1, 0.15) is 5.75 Å². The SMILES string of the molecule is CC(C)(C)C1CCC(Oc2cccc3cc(CN4CC5CC(C(=O)O)CC5C4)ccc23)CC1. The van der Waals surface area contributed by atoms with E-state index in [9.17, 15) is 9.90 Å². The topological polar surface area (TPSA) is 49.8 Å². The highest BCUT2D eigenvalue weighted by Gasteiger charge is 2.43. The summed E-state index contributed by atoms with van der Waals surface area (Å²) in [7, 11) is 0. The zero-order valence-corrected chi connectivity index (χ0v) is 20.4. The van der Waals surface area contributed by atoms with Gasteiger partial charge in [-0.25, -0.2) is 0 Å². The maximum absolute atomic E-state index is 11.3. The lowest BCUT2D eigenvalue weighted by atomic mass is 9.72. The highest BCUT2D eigenvalue weighted by Crippen LogP contribution is 2.42. The van der Waals surface area contributed by atoms with Gasteiger partial charge in [-0.3, -0.25) is 9.69 Å². The standard InChI is InChI=1S/C29H39NO3/c1-29(2,3)24-8-10-25(11-9-24)33-27-6-4-5-20-13-19(7-12-26(20)27)16-30-17-22-14-21(28(31)32)15-23(22)18-30/h4-7,12-13,21-25H,8-11,14-18H2,1-3H3,(H,31,32). The summed E-state index contributed by atoms with van der Waals surface area (Å²) in [6.45, 7) is 10.1. The van der Waals surface area contributed by atoms with Crippen LogP contribution in [0.15, 0.2) is 36.4 Å². The van der Waals surface area contributed by atoms with Gasteiger partial charge in [0.05, 0.1) is 12.0 Å². The quantitative estimate of drug-likeness (QED) is 0.576. The first kappa shape index (κ1) is 22.7. The van der Waals surface area contributed by atoms with Crippen LogP contribution in [-0.4, -0.2) is 35.2 Å². The number of aliphatic carboxylic acids is 1. The lowest BCUT2D eigenvalue weighted by Gasteiger charge is -2.37. The van der Waals surface area contributed by atoms with Crippen LogP contribution in [0.25, 0.3) is 10.8 Å². The highest BCUT2D eigenvalue weighted by atomic mass is 16.5. The molecule has 1 saturated heterocycles.